The van der Waals surface area contributed by atoms with E-state index < -0.39 is 0 Å². The van der Waals surface area contributed by atoms with Crippen molar-refractivity contribution in [3.05, 3.63) is 68.4 Å². The van der Waals surface area contributed by atoms with E-state index in [1.54, 1.807) is 22.4 Å². The predicted molar refractivity (Wildman–Crippen MR) is 115 cm³/mol. The summed E-state index contributed by atoms with van der Waals surface area (Å²) >= 11 is 1.70. The molecule has 1 aliphatic heterocycles. The van der Waals surface area contributed by atoms with E-state index >= 15 is 0 Å². The summed E-state index contributed by atoms with van der Waals surface area (Å²) in [5, 5.41) is 9.01. The van der Waals surface area contributed by atoms with Gasteiger partial charge in [-0.2, -0.15) is 5.10 Å². The Kier molecular flexibility index (Phi) is 5.78. The van der Waals surface area contributed by atoms with Crippen LogP contribution >= 0.6 is 11.3 Å². The quantitative estimate of drug-likeness (QED) is 0.676. The molecule has 4 heterocycles. The molecule has 0 spiro atoms. The second kappa shape index (κ2) is 8.47. The number of H-pyrrole nitrogens is 1. The third-order valence-corrected chi connectivity index (χ3v) is 6.64. The van der Waals surface area contributed by atoms with Crippen LogP contribution in [0, 0.1) is 6.92 Å². The first-order valence-corrected chi connectivity index (χ1v) is 10.9. The number of carbonyl (C=O) groups is 1. The van der Waals surface area contributed by atoms with Crippen molar-refractivity contribution in [3.8, 4) is 0 Å². The van der Waals surface area contributed by atoms with Crippen LogP contribution in [-0.4, -0.2) is 44.5 Å². The number of hydrogen-bond acceptors (Lipinski definition) is 5. The van der Waals surface area contributed by atoms with Crippen LogP contribution in [0.15, 0.2) is 29.9 Å². The Morgan fingerprint density at radius 1 is 1.34 bits per heavy atom. The number of amides is 1. The Balaban J connectivity index is 1.42. The number of carbonyl (C=O) groups excluding carboxylic acids is 1. The fourth-order valence-electron chi connectivity index (χ4n) is 3.75. The number of rotatable bonds is 6. The normalized spacial score (nSPS) is 14.0. The van der Waals surface area contributed by atoms with Crippen molar-refractivity contribution in [3.63, 3.8) is 0 Å². The van der Waals surface area contributed by atoms with Crippen LogP contribution in [-0.2, 0) is 32.5 Å². The maximum atomic E-state index is 13.0. The maximum Gasteiger partial charge on any atom is 0.255 e. The molecule has 6 nitrogen and oxygen atoms in total. The lowest BCUT2D eigenvalue weighted by atomic mass is 10.0. The smallest absolute Gasteiger partial charge is 0.255 e. The van der Waals surface area contributed by atoms with Crippen molar-refractivity contribution in [2.24, 2.45) is 0 Å². The molecule has 152 valence electrons. The Morgan fingerprint density at radius 3 is 2.90 bits per heavy atom. The van der Waals surface area contributed by atoms with Gasteiger partial charge >= 0.3 is 0 Å². The molecule has 1 N–H and O–H groups in total. The average Bonchev–Trinajstić information content (AvgIpc) is 3.33. The lowest BCUT2D eigenvalue weighted by Gasteiger charge is -2.27. The Morgan fingerprint density at radius 2 is 2.21 bits per heavy atom. The van der Waals surface area contributed by atoms with Crippen LogP contribution in [0.2, 0.25) is 0 Å². The van der Waals surface area contributed by atoms with E-state index in [1.165, 1.54) is 16.0 Å². The summed E-state index contributed by atoms with van der Waals surface area (Å²) < 4.78 is 0. The minimum absolute atomic E-state index is 0.0911. The summed E-state index contributed by atoms with van der Waals surface area (Å²) in [6.45, 7) is 7.38. The Hall–Kier alpha value is -2.51. The van der Waals surface area contributed by atoms with E-state index in [4.69, 9.17) is 0 Å². The van der Waals surface area contributed by atoms with Crippen molar-refractivity contribution in [1.82, 2.24) is 25.0 Å². The van der Waals surface area contributed by atoms with Gasteiger partial charge in [-0.05, 0) is 37.0 Å². The molecule has 0 bridgehead atoms. The molecule has 1 aliphatic rings. The first-order valence-electron chi connectivity index (χ1n) is 10.0. The molecule has 0 radical (unpaired) electrons. The summed E-state index contributed by atoms with van der Waals surface area (Å²) in [7, 11) is 1.86. The minimum atomic E-state index is 0.0911. The monoisotopic (exact) mass is 409 g/mol. The van der Waals surface area contributed by atoms with Crippen LogP contribution in [0.25, 0.3) is 0 Å². The first-order chi connectivity index (χ1) is 14.0. The Labute approximate surface area is 175 Å². The summed E-state index contributed by atoms with van der Waals surface area (Å²) in [5.74, 6) is 0.0911. The lowest BCUT2D eigenvalue weighted by molar-refractivity contribution is 0.0783. The van der Waals surface area contributed by atoms with Gasteiger partial charge in [0.05, 0.1) is 17.5 Å². The molecule has 29 heavy (non-hydrogen) atoms. The number of aromatic nitrogens is 3. The van der Waals surface area contributed by atoms with E-state index in [9.17, 15) is 4.79 Å². The number of aryl methyl sites for hydroxylation is 2. The van der Waals surface area contributed by atoms with Gasteiger partial charge in [-0.15, -0.1) is 11.3 Å². The number of thiophene rings is 1. The van der Waals surface area contributed by atoms with Gasteiger partial charge in [0, 0.05) is 60.9 Å². The summed E-state index contributed by atoms with van der Waals surface area (Å²) in [5.41, 5.74) is 6.52. The van der Waals surface area contributed by atoms with Crippen LogP contribution in [0.3, 0.4) is 0 Å². The van der Waals surface area contributed by atoms with Crippen molar-refractivity contribution >= 4 is 17.2 Å². The third kappa shape index (κ3) is 4.26. The molecule has 7 heteroatoms. The zero-order valence-corrected chi connectivity index (χ0v) is 18.1. The molecule has 3 aromatic heterocycles. The van der Waals surface area contributed by atoms with Gasteiger partial charge in [0.2, 0.25) is 0 Å². The first kappa shape index (κ1) is 19.8. The van der Waals surface area contributed by atoms with E-state index in [2.05, 4.69) is 39.1 Å². The fourth-order valence-corrected chi connectivity index (χ4v) is 4.87. The number of pyridine rings is 1. The predicted octanol–water partition coefficient (Wildman–Crippen LogP) is 3.57. The van der Waals surface area contributed by atoms with Gasteiger partial charge < -0.3 is 4.90 Å². The molecular weight excluding hydrogens is 382 g/mol. The molecule has 0 unspecified atom stereocenters. The topological polar surface area (TPSA) is 65.1 Å². The molecule has 4 rings (SSSR count). The zero-order valence-electron chi connectivity index (χ0n) is 17.2. The highest BCUT2D eigenvalue weighted by Crippen LogP contribution is 2.30. The van der Waals surface area contributed by atoms with Crippen LogP contribution < -0.4 is 0 Å². The van der Waals surface area contributed by atoms with Gasteiger partial charge in [-0.1, -0.05) is 13.0 Å². The van der Waals surface area contributed by atoms with Gasteiger partial charge in [0.25, 0.3) is 5.91 Å². The summed E-state index contributed by atoms with van der Waals surface area (Å²) in [4.78, 5) is 23.1. The highest BCUT2D eigenvalue weighted by atomic mass is 32.1. The highest BCUT2D eigenvalue weighted by Gasteiger charge is 2.26. The van der Waals surface area contributed by atoms with Crippen molar-refractivity contribution in [2.75, 3.05) is 13.6 Å². The number of fused-ring (bicyclic) bond motifs is 1. The molecule has 1 amide bonds. The molecule has 0 aromatic carbocycles. The third-order valence-electron chi connectivity index (χ3n) is 5.62. The second-order valence-electron chi connectivity index (χ2n) is 7.70. The van der Waals surface area contributed by atoms with E-state index in [0.717, 1.165) is 55.0 Å². The number of nitrogens with one attached hydrogen (secondary N) is 1. The second-order valence-corrected chi connectivity index (χ2v) is 8.67. The molecule has 0 saturated heterocycles. The van der Waals surface area contributed by atoms with Crippen molar-refractivity contribution in [1.29, 1.82) is 0 Å². The SMILES string of the molecule is CCc1ccc(CN2CCc3c(C(=O)N(C)Cc4cn[nH]c4C)csc3C2)nc1. The fraction of sp³-hybridized carbons (Fsp3) is 0.409. The van der Waals surface area contributed by atoms with Crippen LogP contribution in [0.5, 0.6) is 0 Å². The summed E-state index contributed by atoms with van der Waals surface area (Å²) in [6, 6.07) is 4.29. The molecule has 0 atom stereocenters. The van der Waals surface area contributed by atoms with Crippen molar-refractivity contribution < 1.29 is 4.79 Å². The number of aromatic amines is 1. The number of hydrogen-bond donors (Lipinski definition) is 1. The average molecular weight is 410 g/mol. The molecule has 0 aliphatic carbocycles. The zero-order chi connectivity index (χ0) is 20.4. The van der Waals surface area contributed by atoms with Crippen LogP contribution in [0.1, 0.15) is 50.2 Å². The molecule has 3 aromatic rings. The minimum Gasteiger partial charge on any atom is -0.337 e. The maximum absolute atomic E-state index is 13.0. The van der Waals surface area contributed by atoms with Gasteiger partial charge in [0.15, 0.2) is 0 Å². The van der Waals surface area contributed by atoms with E-state index in [1.807, 2.05) is 25.5 Å². The van der Waals surface area contributed by atoms with E-state index in [0.29, 0.717) is 6.54 Å². The lowest BCUT2D eigenvalue weighted by Crippen LogP contribution is -2.32. The summed E-state index contributed by atoms with van der Waals surface area (Å²) in [6.07, 6.45) is 5.69. The van der Waals surface area contributed by atoms with Gasteiger partial charge in [-0.3, -0.25) is 19.8 Å². The number of nitrogens with zero attached hydrogens (tertiary/aromatic N) is 4. The van der Waals surface area contributed by atoms with Gasteiger partial charge in [-0.25, -0.2) is 0 Å². The highest BCUT2D eigenvalue weighted by molar-refractivity contribution is 7.10. The van der Waals surface area contributed by atoms with Crippen LogP contribution in [0.4, 0.5) is 0 Å². The molecule has 0 fully saturated rings. The van der Waals surface area contributed by atoms with Gasteiger partial charge in [0.1, 0.15) is 0 Å². The van der Waals surface area contributed by atoms with E-state index in [-0.39, 0.29) is 5.91 Å². The largest absolute Gasteiger partial charge is 0.337 e. The van der Waals surface area contributed by atoms with Crippen molar-refractivity contribution in [2.45, 2.75) is 46.3 Å². The standard InChI is InChI=1S/C22H27N5OS/c1-4-16-5-6-18(23-9-16)12-27-8-7-19-20(14-29-21(19)13-27)22(28)26(3)11-17-10-24-25-15(17)2/h5-6,9-10,14H,4,7-8,11-13H2,1-3H3,(H,24,25). The Bertz CT molecular complexity index is 991. The molecular formula is C22H27N5OS. The molecule has 0 saturated carbocycles.